The number of hydrogen-bond donors (Lipinski definition) is 1. The summed E-state index contributed by atoms with van der Waals surface area (Å²) >= 11 is 0. The normalized spacial score (nSPS) is 13.8. The predicted molar refractivity (Wildman–Crippen MR) is 114 cm³/mol. The summed E-state index contributed by atoms with van der Waals surface area (Å²) in [4.78, 5) is 0. The van der Waals surface area contributed by atoms with E-state index in [-0.39, 0.29) is 5.92 Å². The number of rotatable bonds is 10. The molecule has 1 heterocycles. The zero-order valence-corrected chi connectivity index (χ0v) is 17.2. The summed E-state index contributed by atoms with van der Waals surface area (Å²) in [6.45, 7) is 7.02. The standard InChI is InChI=1S/C25H32O3/c1-4-5-9-20(14-18(2)3)25(26)21-11-8-12-22(16-21)27-17-23-15-19-10-6-7-13-24(19)28-23/h6-8,10-13,15-16,18,20,25-26H,4-5,9,14,17H2,1-3H3. The van der Waals surface area contributed by atoms with E-state index in [1.165, 1.54) is 0 Å². The van der Waals surface area contributed by atoms with Crippen molar-refractivity contribution in [1.29, 1.82) is 0 Å². The Hall–Kier alpha value is -2.26. The second-order valence-electron chi connectivity index (χ2n) is 8.09. The van der Waals surface area contributed by atoms with Gasteiger partial charge in [-0.25, -0.2) is 0 Å². The van der Waals surface area contributed by atoms with Crippen molar-refractivity contribution < 1.29 is 14.3 Å². The van der Waals surface area contributed by atoms with E-state index in [1.54, 1.807) is 0 Å². The topological polar surface area (TPSA) is 42.6 Å². The highest BCUT2D eigenvalue weighted by molar-refractivity contribution is 5.77. The van der Waals surface area contributed by atoms with Crippen LogP contribution in [0.25, 0.3) is 11.0 Å². The van der Waals surface area contributed by atoms with E-state index >= 15 is 0 Å². The molecule has 3 rings (SSSR count). The highest BCUT2D eigenvalue weighted by Gasteiger charge is 2.22. The Kier molecular flexibility index (Phi) is 7.16. The van der Waals surface area contributed by atoms with Crippen molar-refractivity contribution in [1.82, 2.24) is 0 Å². The van der Waals surface area contributed by atoms with E-state index in [0.29, 0.717) is 12.5 Å². The number of fused-ring (bicyclic) bond motifs is 1. The van der Waals surface area contributed by atoms with Crippen LogP contribution in [-0.4, -0.2) is 5.11 Å². The molecule has 0 radical (unpaired) electrons. The van der Waals surface area contributed by atoms with Gasteiger partial charge in [0.05, 0.1) is 6.10 Å². The SMILES string of the molecule is CCCCC(CC(C)C)C(O)c1cccc(OCc2cc3ccccc3o2)c1. The minimum atomic E-state index is -0.455. The van der Waals surface area contributed by atoms with Crippen LogP contribution >= 0.6 is 0 Å². The van der Waals surface area contributed by atoms with Crippen molar-refractivity contribution in [3.63, 3.8) is 0 Å². The van der Waals surface area contributed by atoms with E-state index in [9.17, 15) is 5.11 Å². The molecule has 3 aromatic rings. The van der Waals surface area contributed by atoms with Gasteiger partial charge in [0, 0.05) is 5.39 Å². The van der Waals surface area contributed by atoms with Crippen LogP contribution in [0.2, 0.25) is 0 Å². The Bertz CT molecular complexity index is 832. The highest BCUT2D eigenvalue weighted by Crippen LogP contribution is 2.33. The van der Waals surface area contributed by atoms with Gasteiger partial charge in [-0.2, -0.15) is 0 Å². The molecule has 2 aromatic carbocycles. The lowest BCUT2D eigenvalue weighted by Gasteiger charge is -2.25. The number of aliphatic hydroxyl groups excluding tert-OH is 1. The van der Waals surface area contributed by atoms with Gasteiger partial charge in [-0.05, 0) is 54.5 Å². The third kappa shape index (κ3) is 5.39. The van der Waals surface area contributed by atoms with Crippen LogP contribution in [0.1, 0.15) is 63.9 Å². The van der Waals surface area contributed by atoms with Gasteiger partial charge >= 0.3 is 0 Å². The molecule has 150 valence electrons. The number of furan rings is 1. The maximum absolute atomic E-state index is 11.0. The molecule has 0 spiro atoms. The summed E-state index contributed by atoms with van der Waals surface area (Å²) in [6, 6.07) is 17.8. The molecule has 1 aromatic heterocycles. The maximum atomic E-state index is 11.0. The van der Waals surface area contributed by atoms with Crippen LogP contribution in [0, 0.1) is 11.8 Å². The number of hydrogen-bond acceptors (Lipinski definition) is 3. The molecule has 1 N–H and O–H groups in total. The number of unbranched alkanes of at least 4 members (excludes halogenated alkanes) is 1. The number of para-hydroxylation sites is 1. The summed E-state index contributed by atoms with van der Waals surface area (Å²) in [5.74, 6) is 2.41. The van der Waals surface area contributed by atoms with Gasteiger partial charge in [0.1, 0.15) is 23.7 Å². The first-order valence-corrected chi connectivity index (χ1v) is 10.4. The van der Waals surface area contributed by atoms with Crippen LogP contribution in [0.15, 0.2) is 59.0 Å². The van der Waals surface area contributed by atoms with Gasteiger partial charge in [0.2, 0.25) is 0 Å². The molecular formula is C25H32O3. The molecule has 0 aliphatic carbocycles. The predicted octanol–water partition coefficient (Wildman–Crippen LogP) is 6.90. The molecule has 28 heavy (non-hydrogen) atoms. The molecule has 0 bridgehead atoms. The minimum absolute atomic E-state index is 0.283. The van der Waals surface area contributed by atoms with E-state index in [4.69, 9.17) is 9.15 Å². The molecule has 0 saturated heterocycles. The summed E-state index contributed by atoms with van der Waals surface area (Å²) in [5, 5.41) is 12.1. The summed E-state index contributed by atoms with van der Waals surface area (Å²) in [6.07, 6.45) is 3.94. The molecule has 3 nitrogen and oxygen atoms in total. The quantitative estimate of drug-likeness (QED) is 0.416. The molecule has 3 heteroatoms. The lowest BCUT2D eigenvalue weighted by molar-refractivity contribution is 0.0879. The molecule has 0 amide bonds. The van der Waals surface area contributed by atoms with Crippen molar-refractivity contribution in [3.05, 3.63) is 65.9 Å². The molecule has 0 aliphatic heterocycles. The van der Waals surface area contributed by atoms with E-state index in [2.05, 4.69) is 20.8 Å². The molecule has 0 saturated carbocycles. The number of benzene rings is 2. The Morgan fingerprint density at radius 3 is 2.61 bits per heavy atom. The van der Waals surface area contributed by atoms with Crippen LogP contribution in [0.5, 0.6) is 5.75 Å². The van der Waals surface area contributed by atoms with Crippen LogP contribution < -0.4 is 4.74 Å². The minimum Gasteiger partial charge on any atom is -0.486 e. The van der Waals surface area contributed by atoms with Gasteiger partial charge in [-0.1, -0.05) is 63.9 Å². The average Bonchev–Trinajstić information content (AvgIpc) is 3.12. The zero-order valence-electron chi connectivity index (χ0n) is 17.2. The first-order valence-electron chi connectivity index (χ1n) is 10.4. The first-order chi connectivity index (χ1) is 13.6. The first kappa shape index (κ1) is 20.5. The number of aliphatic hydroxyl groups is 1. The third-order valence-corrected chi connectivity index (χ3v) is 5.21. The fourth-order valence-corrected chi connectivity index (χ4v) is 3.80. The maximum Gasteiger partial charge on any atom is 0.146 e. The van der Waals surface area contributed by atoms with Crippen LogP contribution in [0.4, 0.5) is 0 Å². The third-order valence-electron chi connectivity index (χ3n) is 5.21. The van der Waals surface area contributed by atoms with Crippen molar-refractivity contribution in [2.24, 2.45) is 11.8 Å². The molecule has 0 aliphatic rings. The van der Waals surface area contributed by atoms with E-state index < -0.39 is 6.10 Å². The number of ether oxygens (including phenoxy) is 1. The summed E-state index contributed by atoms with van der Waals surface area (Å²) in [5.41, 5.74) is 1.81. The molecule has 2 unspecified atom stereocenters. The van der Waals surface area contributed by atoms with Crippen molar-refractivity contribution in [2.45, 2.75) is 59.2 Å². The average molecular weight is 381 g/mol. The van der Waals surface area contributed by atoms with Gasteiger partial charge in [0.15, 0.2) is 0 Å². The smallest absolute Gasteiger partial charge is 0.146 e. The van der Waals surface area contributed by atoms with Crippen LogP contribution in [0.3, 0.4) is 0 Å². The van der Waals surface area contributed by atoms with E-state index in [0.717, 1.165) is 53.7 Å². The lowest BCUT2D eigenvalue weighted by atomic mass is 9.85. The molecule has 0 fully saturated rings. The lowest BCUT2D eigenvalue weighted by Crippen LogP contribution is -2.15. The van der Waals surface area contributed by atoms with Gasteiger partial charge in [-0.15, -0.1) is 0 Å². The van der Waals surface area contributed by atoms with Gasteiger partial charge in [-0.3, -0.25) is 0 Å². The van der Waals surface area contributed by atoms with Crippen molar-refractivity contribution in [3.8, 4) is 5.75 Å². The Labute approximate surface area is 168 Å². The fraction of sp³-hybridized carbons (Fsp3) is 0.440. The summed E-state index contributed by atoms with van der Waals surface area (Å²) < 4.78 is 11.8. The van der Waals surface area contributed by atoms with Crippen LogP contribution in [-0.2, 0) is 6.61 Å². The largest absolute Gasteiger partial charge is 0.486 e. The monoisotopic (exact) mass is 380 g/mol. The van der Waals surface area contributed by atoms with E-state index in [1.807, 2.05) is 54.6 Å². The Morgan fingerprint density at radius 2 is 1.86 bits per heavy atom. The molecule has 2 atom stereocenters. The van der Waals surface area contributed by atoms with Gasteiger partial charge in [0.25, 0.3) is 0 Å². The molecular weight excluding hydrogens is 348 g/mol. The zero-order chi connectivity index (χ0) is 19.9. The Balaban J connectivity index is 1.67. The second-order valence-corrected chi connectivity index (χ2v) is 8.09. The van der Waals surface area contributed by atoms with Gasteiger partial charge < -0.3 is 14.3 Å². The second kappa shape index (κ2) is 9.79. The van der Waals surface area contributed by atoms with Crippen molar-refractivity contribution in [2.75, 3.05) is 0 Å². The summed E-state index contributed by atoms with van der Waals surface area (Å²) in [7, 11) is 0. The Morgan fingerprint density at radius 1 is 1.04 bits per heavy atom. The highest BCUT2D eigenvalue weighted by atomic mass is 16.5. The van der Waals surface area contributed by atoms with Crippen molar-refractivity contribution >= 4 is 11.0 Å². The fourth-order valence-electron chi connectivity index (χ4n) is 3.80.